The van der Waals surface area contributed by atoms with Crippen molar-refractivity contribution in [2.75, 3.05) is 19.4 Å². The Balaban J connectivity index is 2.13. The van der Waals surface area contributed by atoms with Gasteiger partial charge in [0, 0.05) is 41.5 Å². The molecule has 0 saturated carbocycles. The fourth-order valence-electron chi connectivity index (χ4n) is 1.72. The summed E-state index contributed by atoms with van der Waals surface area (Å²) in [4.78, 5) is 25.0. The highest BCUT2D eigenvalue weighted by molar-refractivity contribution is 6.35. The van der Waals surface area contributed by atoms with E-state index in [0.29, 0.717) is 27.0 Å². The first-order valence-electron chi connectivity index (χ1n) is 6.62. The number of amides is 2. The summed E-state index contributed by atoms with van der Waals surface area (Å²) in [5, 5.41) is 3.44. The molecule has 0 heterocycles. The maximum atomic E-state index is 12.2. The predicted octanol–water partition coefficient (Wildman–Crippen LogP) is 4.31. The minimum Gasteiger partial charge on any atom is -0.410 e. The number of benzene rings is 2. The van der Waals surface area contributed by atoms with Crippen molar-refractivity contribution in [1.82, 2.24) is 4.90 Å². The van der Waals surface area contributed by atoms with Crippen LogP contribution in [0.25, 0.3) is 0 Å². The van der Waals surface area contributed by atoms with Crippen molar-refractivity contribution in [3.8, 4) is 5.75 Å². The molecule has 0 saturated heterocycles. The van der Waals surface area contributed by atoms with Gasteiger partial charge in [0.15, 0.2) is 0 Å². The summed E-state index contributed by atoms with van der Waals surface area (Å²) < 4.78 is 5.14. The molecule has 0 unspecified atom stereocenters. The fraction of sp³-hybridized carbons (Fsp3) is 0.125. The predicted molar refractivity (Wildman–Crippen MR) is 90.6 cm³/mol. The standard InChI is InChI=1S/C16H14Cl2N2O3/c1-20(2)16(22)23-14-5-3-4-13(9-14)19-15(21)10-6-11(17)8-12(18)7-10/h3-9H,1-2H3,(H,19,21). The Kier molecular flexibility index (Phi) is 5.47. The number of ether oxygens (including phenoxy) is 1. The molecule has 2 aromatic rings. The normalized spacial score (nSPS) is 10.1. The summed E-state index contributed by atoms with van der Waals surface area (Å²) in [6.07, 6.45) is -0.505. The Morgan fingerprint density at radius 1 is 1.04 bits per heavy atom. The Labute approximate surface area is 143 Å². The second-order valence-electron chi connectivity index (χ2n) is 4.90. The number of halogens is 2. The van der Waals surface area contributed by atoms with Crippen LogP contribution in [0.4, 0.5) is 10.5 Å². The number of nitrogens with one attached hydrogen (secondary N) is 1. The smallest absolute Gasteiger partial charge is 0.410 e. The van der Waals surface area contributed by atoms with Crippen LogP contribution in [0, 0.1) is 0 Å². The zero-order valence-electron chi connectivity index (χ0n) is 12.5. The van der Waals surface area contributed by atoms with E-state index in [0.717, 1.165) is 0 Å². The Bertz CT molecular complexity index is 728. The lowest BCUT2D eigenvalue weighted by Gasteiger charge is -2.12. The minimum atomic E-state index is -0.505. The second-order valence-corrected chi connectivity index (χ2v) is 5.78. The molecule has 0 aliphatic rings. The largest absolute Gasteiger partial charge is 0.414 e. The van der Waals surface area contributed by atoms with Gasteiger partial charge in [-0.2, -0.15) is 0 Å². The Hall–Kier alpha value is -2.24. The Morgan fingerprint density at radius 2 is 1.70 bits per heavy atom. The highest BCUT2D eigenvalue weighted by Gasteiger charge is 2.10. The van der Waals surface area contributed by atoms with Gasteiger partial charge in [0.05, 0.1) is 0 Å². The molecule has 2 amide bonds. The Morgan fingerprint density at radius 3 is 2.30 bits per heavy atom. The van der Waals surface area contributed by atoms with Crippen molar-refractivity contribution in [3.05, 3.63) is 58.1 Å². The van der Waals surface area contributed by atoms with E-state index in [2.05, 4.69) is 5.32 Å². The highest BCUT2D eigenvalue weighted by Crippen LogP contribution is 2.22. The molecule has 2 aromatic carbocycles. The lowest BCUT2D eigenvalue weighted by Crippen LogP contribution is -2.25. The van der Waals surface area contributed by atoms with Crippen molar-refractivity contribution in [2.45, 2.75) is 0 Å². The maximum absolute atomic E-state index is 12.2. The average molecular weight is 353 g/mol. The van der Waals surface area contributed by atoms with E-state index in [1.54, 1.807) is 44.4 Å². The van der Waals surface area contributed by atoms with Gasteiger partial charge in [0.1, 0.15) is 5.75 Å². The summed E-state index contributed by atoms with van der Waals surface area (Å²) >= 11 is 11.8. The van der Waals surface area contributed by atoms with E-state index in [-0.39, 0.29) is 5.91 Å². The van der Waals surface area contributed by atoms with E-state index in [4.69, 9.17) is 27.9 Å². The maximum Gasteiger partial charge on any atom is 0.414 e. The first-order valence-corrected chi connectivity index (χ1v) is 7.37. The molecule has 5 nitrogen and oxygen atoms in total. The average Bonchev–Trinajstić information content (AvgIpc) is 2.46. The van der Waals surface area contributed by atoms with Crippen LogP contribution in [-0.2, 0) is 0 Å². The van der Waals surface area contributed by atoms with Gasteiger partial charge in [-0.3, -0.25) is 4.79 Å². The lowest BCUT2D eigenvalue weighted by atomic mass is 10.2. The molecule has 23 heavy (non-hydrogen) atoms. The van der Waals surface area contributed by atoms with Gasteiger partial charge in [-0.1, -0.05) is 29.3 Å². The van der Waals surface area contributed by atoms with Crippen LogP contribution in [0.5, 0.6) is 5.75 Å². The van der Waals surface area contributed by atoms with Gasteiger partial charge in [-0.05, 0) is 30.3 Å². The van der Waals surface area contributed by atoms with Gasteiger partial charge in [-0.15, -0.1) is 0 Å². The van der Waals surface area contributed by atoms with Crippen LogP contribution in [-0.4, -0.2) is 31.0 Å². The van der Waals surface area contributed by atoms with Crippen LogP contribution in [0.2, 0.25) is 10.0 Å². The number of hydrogen-bond donors (Lipinski definition) is 1. The lowest BCUT2D eigenvalue weighted by molar-refractivity contribution is 0.102. The van der Waals surface area contributed by atoms with Crippen LogP contribution in [0.1, 0.15) is 10.4 Å². The van der Waals surface area contributed by atoms with E-state index in [1.165, 1.54) is 17.0 Å². The van der Waals surface area contributed by atoms with Crippen LogP contribution >= 0.6 is 23.2 Å². The quantitative estimate of drug-likeness (QED) is 0.895. The number of carbonyl (C=O) groups is 2. The first-order chi connectivity index (χ1) is 10.8. The molecule has 2 rings (SSSR count). The third-order valence-electron chi connectivity index (χ3n) is 2.79. The van der Waals surface area contributed by atoms with Crippen molar-refractivity contribution >= 4 is 40.9 Å². The van der Waals surface area contributed by atoms with Crippen molar-refractivity contribution < 1.29 is 14.3 Å². The fourth-order valence-corrected chi connectivity index (χ4v) is 2.24. The molecule has 0 radical (unpaired) electrons. The van der Waals surface area contributed by atoms with Crippen molar-refractivity contribution in [3.63, 3.8) is 0 Å². The molecule has 120 valence electrons. The van der Waals surface area contributed by atoms with E-state index in [9.17, 15) is 9.59 Å². The van der Waals surface area contributed by atoms with Crippen LogP contribution < -0.4 is 10.1 Å². The van der Waals surface area contributed by atoms with Crippen molar-refractivity contribution in [2.24, 2.45) is 0 Å². The zero-order chi connectivity index (χ0) is 17.0. The molecular weight excluding hydrogens is 339 g/mol. The van der Waals surface area contributed by atoms with E-state index >= 15 is 0 Å². The SMILES string of the molecule is CN(C)C(=O)Oc1cccc(NC(=O)c2cc(Cl)cc(Cl)c2)c1. The number of rotatable bonds is 3. The van der Waals surface area contributed by atoms with Crippen LogP contribution in [0.15, 0.2) is 42.5 Å². The number of carbonyl (C=O) groups excluding carboxylic acids is 2. The zero-order valence-corrected chi connectivity index (χ0v) is 14.0. The molecule has 0 aliphatic carbocycles. The minimum absolute atomic E-state index is 0.325. The molecule has 1 N–H and O–H groups in total. The monoisotopic (exact) mass is 352 g/mol. The molecule has 7 heteroatoms. The van der Waals surface area contributed by atoms with Crippen molar-refractivity contribution in [1.29, 1.82) is 0 Å². The number of nitrogens with zero attached hydrogens (tertiary/aromatic N) is 1. The van der Waals surface area contributed by atoms with Gasteiger partial charge in [-0.25, -0.2) is 4.79 Å². The molecule has 0 spiro atoms. The third kappa shape index (κ3) is 4.87. The molecule has 0 fully saturated rings. The summed E-state index contributed by atoms with van der Waals surface area (Å²) in [5.41, 5.74) is 0.813. The topological polar surface area (TPSA) is 58.6 Å². The second kappa shape index (κ2) is 7.35. The van der Waals surface area contributed by atoms with Gasteiger partial charge < -0.3 is 15.0 Å². The molecule has 0 bridgehead atoms. The molecular formula is C16H14Cl2N2O3. The van der Waals surface area contributed by atoms with Gasteiger partial charge >= 0.3 is 6.09 Å². The van der Waals surface area contributed by atoms with E-state index in [1.807, 2.05) is 0 Å². The summed E-state index contributed by atoms with van der Waals surface area (Å²) in [5.74, 6) is -0.0453. The third-order valence-corrected chi connectivity index (χ3v) is 3.22. The first kappa shape index (κ1) is 17.1. The van der Waals surface area contributed by atoms with E-state index < -0.39 is 6.09 Å². The van der Waals surface area contributed by atoms with Gasteiger partial charge in [0.25, 0.3) is 5.91 Å². The summed E-state index contributed by atoms with van der Waals surface area (Å²) in [6, 6.07) is 11.1. The molecule has 0 aromatic heterocycles. The summed E-state index contributed by atoms with van der Waals surface area (Å²) in [7, 11) is 3.16. The number of anilines is 1. The molecule has 0 atom stereocenters. The highest BCUT2D eigenvalue weighted by atomic mass is 35.5. The summed E-state index contributed by atoms with van der Waals surface area (Å²) in [6.45, 7) is 0. The van der Waals surface area contributed by atoms with Gasteiger partial charge in [0.2, 0.25) is 0 Å². The van der Waals surface area contributed by atoms with Crippen LogP contribution in [0.3, 0.4) is 0 Å². The number of hydrogen-bond acceptors (Lipinski definition) is 3. The molecule has 0 aliphatic heterocycles.